The Morgan fingerprint density at radius 3 is 2.25 bits per heavy atom. The van der Waals surface area contributed by atoms with Gasteiger partial charge in [-0.05, 0) is 24.6 Å². The van der Waals surface area contributed by atoms with E-state index in [1.54, 1.807) is 26.2 Å². The van der Waals surface area contributed by atoms with Gasteiger partial charge in [0.05, 0.1) is 13.1 Å². The Labute approximate surface area is 180 Å². The lowest BCUT2D eigenvalue weighted by atomic mass is 10.2. The predicted molar refractivity (Wildman–Crippen MR) is 114 cm³/mol. The third-order valence-electron chi connectivity index (χ3n) is 3.21. The van der Waals surface area contributed by atoms with Crippen LogP contribution in [0, 0.1) is 0 Å². The molecule has 6 nitrogen and oxygen atoms in total. The molecular weight excluding hydrogens is 488 g/mol. The molecule has 1 aromatic carbocycles. The minimum atomic E-state index is -4.37. The molecule has 28 heavy (non-hydrogen) atoms. The molecule has 0 aliphatic rings. The van der Waals surface area contributed by atoms with Crippen molar-refractivity contribution in [2.45, 2.75) is 19.6 Å². The first kappa shape index (κ1) is 26.0. The molecular formula is C18H26F3IN4O2. The van der Waals surface area contributed by atoms with Crippen LogP contribution in [-0.4, -0.2) is 56.7 Å². The minimum absolute atomic E-state index is 0. The van der Waals surface area contributed by atoms with Gasteiger partial charge in [-0.3, -0.25) is 4.79 Å². The van der Waals surface area contributed by atoms with Gasteiger partial charge in [0.1, 0.15) is 5.75 Å². The lowest BCUT2D eigenvalue weighted by Gasteiger charge is -2.15. The van der Waals surface area contributed by atoms with Crippen LogP contribution >= 0.6 is 24.0 Å². The van der Waals surface area contributed by atoms with Gasteiger partial charge in [0.25, 0.3) is 0 Å². The van der Waals surface area contributed by atoms with Gasteiger partial charge in [0.15, 0.2) is 12.6 Å². The average molecular weight is 514 g/mol. The second kappa shape index (κ2) is 12.5. The van der Waals surface area contributed by atoms with Crippen LogP contribution in [0.15, 0.2) is 41.4 Å². The zero-order valence-electron chi connectivity index (χ0n) is 16.1. The number of amides is 1. The van der Waals surface area contributed by atoms with Gasteiger partial charge in [-0.1, -0.05) is 24.3 Å². The number of carbonyl (C=O) groups excluding carboxylic acids is 1. The zero-order valence-corrected chi connectivity index (χ0v) is 18.4. The Morgan fingerprint density at radius 2 is 1.75 bits per heavy atom. The maximum absolute atomic E-state index is 12.1. The number of guanidine groups is 1. The molecule has 0 saturated carbocycles. The molecule has 0 bridgehead atoms. The second-order valence-electron chi connectivity index (χ2n) is 6.17. The van der Waals surface area contributed by atoms with Crippen LogP contribution in [0.2, 0.25) is 0 Å². The molecule has 0 fully saturated rings. The van der Waals surface area contributed by atoms with E-state index in [0.717, 1.165) is 11.1 Å². The molecule has 0 heterocycles. The Kier molecular flexibility index (Phi) is 11.6. The van der Waals surface area contributed by atoms with Gasteiger partial charge in [-0.25, -0.2) is 4.99 Å². The summed E-state index contributed by atoms with van der Waals surface area (Å²) in [7, 11) is 3.31. The summed E-state index contributed by atoms with van der Waals surface area (Å²) in [5.74, 6) is 0.465. The maximum Gasteiger partial charge on any atom is 0.422 e. The van der Waals surface area contributed by atoms with Gasteiger partial charge in [0, 0.05) is 20.6 Å². The van der Waals surface area contributed by atoms with Crippen LogP contribution in [0.4, 0.5) is 13.2 Å². The van der Waals surface area contributed by atoms with Crippen molar-refractivity contribution >= 4 is 35.8 Å². The van der Waals surface area contributed by atoms with Gasteiger partial charge in [-0.15, -0.1) is 24.0 Å². The molecule has 158 valence electrons. The lowest BCUT2D eigenvalue weighted by Crippen LogP contribution is -2.43. The molecule has 2 N–H and O–H groups in total. The van der Waals surface area contributed by atoms with E-state index < -0.39 is 12.8 Å². The van der Waals surface area contributed by atoms with Gasteiger partial charge < -0.3 is 20.3 Å². The lowest BCUT2D eigenvalue weighted by molar-refractivity contribution is -0.153. The molecule has 0 aliphatic carbocycles. The number of ether oxygens (including phenoxy) is 1. The number of hydrogen-bond donors (Lipinski definition) is 2. The van der Waals surface area contributed by atoms with Crippen molar-refractivity contribution in [2.75, 3.05) is 33.8 Å². The van der Waals surface area contributed by atoms with E-state index in [-0.39, 0.29) is 48.7 Å². The summed E-state index contributed by atoms with van der Waals surface area (Å²) in [5, 5.41) is 5.98. The third-order valence-corrected chi connectivity index (χ3v) is 3.21. The number of rotatable bonds is 8. The number of carbonyl (C=O) groups is 1. The topological polar surface area (TPSA) is 66.0 Å². The van der Waals surface area contributed by atoms with E-state index in [9.17, 15) is 18.0 Å². The fraction of sp³-hybridized carbons (Fsp3) is 0.444. The Hall–Kier alpha value is -1.98. The van der Waals surface area contributed by atoms with Crippen molar-refractivity contribution in [3.05, 3.63) is 42.0 Å². The number of nitrogens with one attached hydrogen (secondary N) is 2. The number of alkyl halides is 3. The van der Waals surface area contributed by atoms with Gasteiger partial charge in [0.2, 0.25) is 5.91 Å². The highest BCUT2D eigenvalue weighted by Crippen LogP contribution is 2.19. The second-order valence-corrected chi connectivity index (χ2v) is 6.17. The summed E-state index contributed by atoms with van der Waals surface area (Å²) in [6, 6.07) is 6.19. The van der Waals surface area contributed by atoms with Crippen LogP contribution in [0.25, 0.3) is 0 Å². The fourth-order valence-electron chi connectivity index (χ4n) is 1.75. The van der Waals surface area contributed by atoms with Crippen molar-refractivity contribution < 1.29 is 22.7 Å². The molecule has 0 unspecified atom stereocenters. The van der Waals surface area contributed by atoms with E-state index in [1.165, 1.54) is 17.0 Å². The quantitative estimate of drug-likeness (QED) is 0.243. The van der Waals surface area contributed by atoms with E-state index in [1.807, 2.05) is 6.92 Å². The molecule has 0 saturated heterocycles. The first-order valence-corrected chi connectivity index (χ1v) is 8.22. The van der Waals surface area contributed by atoms with Crippen molar-refractivity contribution in [3.63, 3.8) is 0 Å². The molecule has 0 atom stereocenters. The van der Waals surface area contributed by atoms with E-state index in [4.69, 9.17) is 0 Å². The Morgan fingerprint density at radius 1 is 1.18 bits per heavy atom. The molecule has 0 spiro atoms. The summed E-state index contributed by atoms with van der Waals surface area (Å²) in [6.45, 7) is 5.18. The van der Waals surface area contributed by atoms with Crippen LogP contribution in [-0.2, 0) is 11.3 Å². The van der Waals surface area contributed by atoms with Gasteiger partial charge in [-0.2, -0.15) is 13.2 Å². The highest BCUT2D eigenvalue weighted by atomic mass is 127. The summed E-state index contributed by atoms with van der Waals surface area (Å²) in [6.07, 6.45) is -4.37. The molecule has 0 aromatic heterocycles. The highest BCUT2D eigenvalue weighted by molar-refractivity contribution is 14.0. The zero-order chi connectivity index (χ0) is 20.4. The Balaban J connectivity index is 0.00000729. The Bertz CT molecular complexity index is 662. The number of benzene rings is 1. The van der Waals surface area contributed by atoms with Crippen molar-refractivity contribution in [1.29, 1.82) is 0 Å². The largest absolute Gasteiger partial charge is 0.484 e. The first-order chi connectivity index (χ1) is 12.6. The molecule has 1 aromatic rings. The summed E-state index contributed by atoms with van der Waals surface area (Å²) in [5.41, 5.74) is 1.68. The normalized spacial score (nSPS) is 11.3. The number of aliphatic imine (C=N–C) groups is 1. The van der Waals surface area contributed by atoms with Crippen LogP contribution in [0.3, 0.4) is 0 Å². The summed E-state index contributed by atoms with van der Waals surface area (Å²) < 4.78 is 41.1. The maximum atomic E-state index is 12.1. The smallest absolute Gasteiger partial charge is 0.422 e. The number of nitrogens with zero attached hydrogens (tertiary/aromatic N) is 2. The number of halogens is 4. The van der Waals surface area contributed by atoms with E-state index in [0.29, 0.717) is 12.5 Å². The summed E-state index contributed by atoms with van der Waals surface area (Å²) in [4.78, 5) is 17.5. The summed E-state index contributed by atoms with van der Waals surface area (Å²) >= 11 is 0. The van der Waals surface area contributed by atoms with Crippen LogP contribution in [0.1, 0.15) is 12.5 Å². The molecule has 0 aliphatic heterocycles. The monoisotopic (exact) mass is 514 g/mol. The fourth-order valence-corrected chi connectivity index (χ4v) is 1.75. The molecule has 10 heteroatoms. The SMILES string of the molecule is C=C(C)CNC(=NCc1ccc(OCC(F)(F)F)cc1)NCC(=O)N(C)C.I. The third kappa shape index (κ3) is 11.7. The van der Waals surface area contributed by atoms with E-state index >= 15 is 0 Å². The molecule has 0 radical (unpaired) electrons. The van der Waals surface area contributed by atoms with Crippen molar-refractivity contribution in [1.82, 2.24) is 15.5 Å². The number of likely N-dealkylation sites (N-methyl/N-ethyl adjacent to an activating group) is 1. The average Bonchev–Trinajstić information content (AvgIpc) is 2.59. The number of hydrogen-bond acceptors (Lipinski definition) is 3. The minimum Gasteiger partial charge on any atom is -0.484 e. The standard InChI is InChI=1S/C18H25F3N4O2.HI/c1-13(2)9-22-17(24-11-16(26)25(3)4)23-10-14-5-7-15(8-6-14)27-12-18(19,20)21;/h5-8H,1,9-12H2,2-4H3,(H2,22,23,24);1H. The van der Waals surface area contributed by atoms with E-state index in [2.05, 4.69) is 26.9 Å². The van der Waals surface area contributed by atoms with Crippen molar-refractivity contribution in [3.8, 4) is 5.75 Å². The van der Waals surface area contributed by atoms with Crippen LogP contribution in [0.5, 0.6) is 5.75 Å². The predicted octanol–water partition coefficient (Wildman–Crippen LogP) is 2.95. The highest BCUT2D eigenvalue weighted by Gasteiger charge is 2.28. The first-order valence-electron chi connectivity index (χ1n) is 8.22. The van der Waals surface area contributed by atoms with Gasteiger partial charge >= 0.3 is 6.18 Å². The molecule has 1 rings (SSSR count). The molecule has 1 amide bonds. The van der Waals surface area contributed by atoms with Crippen LogP contribution < -0.4 is 15.4 Å². The van der Waals surface area contributed by atoms with Crippen molar-refractivity contribution in [2.24, 2.45) is 4.99 Å².